The number of aliphatic hydroxyl groups is 1. The molecule has 14 heavy (non-hydrogen) atoms. The zero-order valence-corrected chi connectivity index (χ0v) is 9.17. The van der Waals surface area contributed by atoms with Crippen molar-refractivity contribution >= 4 is 5.69 Å². The highest BCUT2D eigenvalue weighted by molar-refractivity contribution is 5.50. The van der Waals surface area contributed by atoms with Gasteiger partial charge in [0, 0.05) is 12.2 Å². The van der Waals surface area contributed by atoms with E-state index < -0.39 is 5.60 Å². The predicted octanol–water partition coefficient (Wildman–Crippen LogP) is 2.57. The lowest BCUT2D eigenvalue weighted by Crippen LogP contribution is -2.32. The average molecular weight is 193 g/mol. The van der Waals surface area contributed by atoms with Gasteiger partial charge in [-0.3, -0.25) is 0 Å². The SMILES string of the molecule is CCC(C)(O)CNc1ccccc1C. The molecule has 0 radical (unpaired) electrons. The van der Waals surface area contributed by atoms with Crippen molar-refractivity contribution in [3.63, 3.8) is 0 Å². The topological polar surface area (TPSA) is 32.3 Å². The third-order valence-corrected chi connectivity index (χ3v) is 2.57. The Kier molecular flexibility index (Phi) is 3.53. The third-order valence-electron chi connectivity index (χ3n) is 2.57. The Morgan fingerprint density at radius 2 is 2.00 bits per heavy atom. The summed E-state index contributed by atoms with van der Waals surface area (Å²) >= 11 is 0. The monoisotopic (exact) mass is 193 g/mol. The average Bonchev–Trinajstić information content (AvgIpc) is 2.17. The fraction of sp³-hybridized carbons (Fsp3) is 0.500. The lowest BCUT2D eigenvalue weighted by Gasteiger charge is -2.22. The van der Waals surface area contributed by atoms with Gasteiger partial charge in [0.25, 0.3) is 0 Å². The molecule has 0 aliphatic carbocycles. The Labute approximate surface area is 86.0 Å². The molecule has 0 aliphatic rings. The number of rotatable bonds is 4. The highest BCUT2D eigenvalue weighted by Crippen LogP contribution is 2.15. The van der Waals surface area contributed by atoms with Gasteiger partial charge in [0.1, 0.15) is 0 Å². The molecule has 2 N–H and O–H groups in total. The number of nitrogens with one attached hydrogen (secondary N) is 1. The summed E-state index contributed by atoms with van der Waals surface area (Å²) in [6.45, 7) is 6.48. The third kappa shape index (κ3) is 3.04. The molecule has 0 fully saturated rings. The van der Waals surface area contributed by atoms with Crippen LogP contribution in [-0.4, -0.2) is 17.3 Å². The Hall–Kier alpha value is -1.02. The molecule has 1 aromatic carbocycles. The Morgan fingerprint density at radius 3 is 2.57 bits per heavy atom. The van der Waals surface area contributed by atoms with Gasteiger partial charge in [-0.15, -0.1) is 0 Å². The molecule has 1 aromatic rings. The van der Waals surface area contributed by atoms with Crippen molar-refractivity contribution < 1.29 is 5.11 Å². The highest BCUT2D eigenvalue weighted by Gasteiger charge is 2.16. The van der Waals surface area contributed by atoms with Gasteiger partial charge in [0.05, 0.1) is 5.60 Å². The molecule has 78 valence electrons. The molecule has 0 heterocycles. The van der Waals surface area contributed by atoms with Gasteiger partial charge in [0.2, 0.25) is 0 Å². The van der Waals surface area contributed by atoms with Crippen LogP contribution >= 0.6 is 0 Å². The van der Waals surface area contributed by atoms with Crippen LogP contribution in [0.4, 0.5) is 5.69 Å². The number of aryl methyl sites for hydroxylation is 1. The zero-order chi connectivity index (χ0) is 10.6. The Bertz CT molecular complexity index is 294. The van der Waals surface area contributed by atoms with E-state index in [1.54, 1.807) is 0 Å². The largest absolute Gasteiger partial charge is 0.388 e. The fourth-order valence-corrected chi connectivity index (χ4v) is 1.18. The van der Waals surface area contributed by atoms with E-state index >= 15 is 0 Å². The normalized spacial score (nSPS) is 14.9. The second-order valence-electron chi connectivity index (χ2n) is 4.02. The molecule has 0 saturated heterocycles. The van der Waals surface area contributed by atoms with Crippen molar-refractivity contribution in [1.29, 1.82) is 0 Å². The summed E-state index contributed by atoms with van der Waals surface area (Å²) in [7, 11) is 0. The van der Waals surface area contributed by atoms with Crippen LogP contribution < -0.4 is 5.32 Å². The first-order valence-electron chi connectivity index (χ1n) is 5.07. The summed E-state index contributed by atoms with van der Waals surface area (Å²) < 4.78 is 0. The molecule has 0 aliphatic heterocycles. The van der Waals surface area contributed by atoms with Crippen LogP contribution in [0.2, 0.25) is 0 Å². The van der Waals surface area contributed by atoms with E-state index in [4.69, 9.17) is 0 Å². The number of hydrogen-bond acceptors (Lipinski definition) is 2. The molecule has 1 rings (SSSR count). The van der Waals surface area contributed by atoms with Gasteiger partial charge < -0.3 is 10.4 Å². The maximum Gasteiger partial charge on any atom is 0.0788 e. The van der Waals surface area contributed by atoms with Gasteiger partial charge in [-0.05, 0) is 31.9 Å². The maximum absolute atomic E-state index is 9.81. The van der Waals surface area contributed by atoms with Gasteiger partial charge in [-0.2, -0.15) is 0 Å². The lowest BCUT2D eigenvalue weighted by atomic mass is 10.0. The van der Waals surface area contributed by atoms with E-state index in [-0.39, 0.29) is 0 Å². The van der Waals surface area contributed by atoms with Gasteiger partial charge >= 0.3 is 0 Å². The number of para-hydroxylation sites is 1. The molecule has 0 saturated carbocycles. The summed E-state index contributed by atoms with van der Waals surface area (Å²) in [5.74, 6) is 0. The summed E-state index contributed by atoms with van der Waals surface area (Å²) in [5.41, 5.74) is 1.68. The molecular formula is C12H19NO. The van der Waals surface area contributed by atoms with Crippen LogP contribution in [0.5, 0.6) is 0 Å². The molecular weight excluding hydrogens is 174 g/mol. The minimum atomic E-state index is -0.623. The summed E-state index contributed by atoms with van der Waals surface area (Å²) in [6, 6.07) is 8.10. The second kappa shape index (κ2) is 4.47. The predicted molar refractivity (Wildman–Crippen MR) is 60.6 cm³/mol. The van der Waals surface area contributed by atoms with Crippen molar-refractivity contribution in [2.24, 2.45) is 0 Å². The van der Waals surface area contributed by atoms with Crippen molar-refractivity contribution in [3.8, 4) is 0 Å². The molecule has 0 bridgehead atoms. The van der Waals surface area contributed by atoms with Crippen molar-refractivity contribution in [2.45, 2.75) is 32.8 Å². The van der Waals surface area contributed by atoms with Gasteiger partial charge in [-0.25, -0.2) is 0 Å². The van der Waals surface area contributed by atoms with Crippen LogP contribution in [0.15, 0.2) is 24.3 Å². The number of hydrogen-bond donors (Lipinski definition) is 2. The second-order valence-corrected chi connectivity index (χ2v) is 4.02. The maximum atomic E-state index is 9.81. The minimum absolute atomic E-state index is 0.592. The molecule has 2 nitrogen and oxygen atoms in total. The molecule has 0 spiro atoms. The highest BCUT2D eigenvalue weighted by atomic mass is 16.3. The fourth-order valence-electron chi connectivity index (χ4n) is 1.18. The van der Waals surface area contributed by atoms with E-state index in [0.717, 1.165) is 12.1 Å². The molecule has 0 amide bonds. The molecule has 1 atom stereocenters. The van der Waals surface area contributed by atoms with Crippen molar-refractivity contribution in [1.82, 2.24) is 0 Å². The Morgan fingerprint density at radius 1 is 1.36 bits per heavy atom. The Balaban J connectivity index is 2.58. The summed E-state index contributed by atoms with van der Waals surface area (Å²) in [6.07, 6.45) is 0.756. The van der Waals surface area contributed by atoms with Crippen LogP contribution in [0.1, 0.15) is 25.8 Å². The number of benzene rings is 1. The van der Waals surface area contributed by atoms with E-state index in [1.165, 1.54) is 5.56 Å². The molecule has 2 heteroatoms. The van der Waals surface area contributed by atoms with Crippen molar-refractivity contribution in [2.75, 3.05) is 11.9 Å². The van der Waals surface area contributed by atoms with Crippen LogP contribution in [-0.2, 0) is 0 Å². The quantitative estimate of drug-likeness (QED) is 0.770. The van der Waals surface area contributed by atoms with Gasteiger partial charge in [-0.1, -0.05) is 25.1 Å². The smallest absolute Gasteiger partial charge is 0.0788 e. The minimum Gasteiger partial charge on any atom is -0.388 e. The van der Waals surface area contributed by atoms with E-state index in [2.05, 4.69) is 18.3 Å². The molecule has 0 aromatic heterocycles. The number of anilines is 1. The first-order valence-corrected chi connectivity index (χ1v) is 5.07. The van der Waals surface area contributed by atoms with Crippen LogP contribution in [0.25, 0.3) is 0 Å². The summed E-state index contributed by atoms with van der Waals surface area (Å²) in [4.78, 5) is 0. The van der Waals surface area contributed by atoms with Crippen LogP contribution in [0.3, 0.4) is 0 Å². The van der Waals surface area contributed by atoms with E-state index in [1.807, 2.05) is 32.0 Å². The zero-order valence-electron chi connectivity index (χ0n) is 9.17. The lowest BCUT2D eigenvalue weighted by molar-refractivity contribution is 0.0697. The standard InChI is InChI=1S/C12H19NO/c1-4-12(3,14)9-13-11-8-6-5-7-10(11)2/h5-8,13-14H,4,9H2,1-3H3. The van der Waals surface area contributed by atoms with Gasteiger partial charge in [0.15, 0.2) is 0 Å². The summed E-state index contributed by atoms with van der Waals surface area (Å²) in [5, 5.41) is 13.1. The first kappa shape index (κ1) is 11.1. The van der Waals surface area contributed by atoms with Crippen molar-refractivity contribution in [3.05, 3.63) is 29.8 Å². The van der Waals surface area contributed by atoms with Crippen LogP contribution in [0, 0.1) is 6.92 Å². The van der Waals surface area contributed by atoms with E-state index in [9.17, 15) is 5.11 Å². The van der Waals surface area contributed by atoms with E-state index in [0.29, 0.717) is 6.54 Å². The molecule has 1 unspecified atom stereocenters. The first-order chi connectivity index (χ1) is 6.55.